The Balaban J connectivity index is 1.59. The van der Waals surface area contributed by atoms with Crippen LogP contribution in [0, 0.1) is 0 Å². The summed E-state index contributed by atoms with van der Waals surface area (Å²) >= 11 is 1.32. The summed E-state index contributed by atoms with van der Waals surface area (Å²) in [5.41, 5.74) is 1.57. The minimum absolute atomic E-state index is 0.0529. The second-order valence-corrected chi connectivity index (χ2v) is 10.6. The van der Waals surface area contributed by atoms with Crippen LogP contribution in [-0.4, -0.2) is 71.6 Å². The molecule has 2 aromatic carbocycles. The van der Waals surface area contributed by atoms with E-state index in [1.807, 2.05) is 47.7 Å². The predicted molar refractivity (Wildman–Crippen MR) is 148 cm³/mol. The Bertz CT molecular complexity index is 1370. The summed E-state index contributed by atoms with van der Waals surface area (Å²) in [5, 5.41) is 2.37. The van der Waals surface area contributed by atoms with Gasteiger partial charge in [0.1, 0.15) is 0 Å². The number of alkyl halides is 3. The van der Waals surface area contributed by atoms with E-state index in [1.54, 1.807) is 11.8 Å². The Morgan fingerprint density at radius 1 is 1.02 bits per heavy atom. The van der Waals surface area contributed by atoms with Gasteiger partial charge in [-0.1, -0.05) is 54.2 Å². The number of ether oxygens (including phenoxy) is 1. The third-order valence-electron chi connectivity index (χ3n) is 7.09. The topological polar surface area (TPSA) is 65.5 Å². The van der Waals surface area contributed by atoms with Crippen molar-refractivity contribution in [3.8, 4) is 0 Å². The lowest BCUT2D eigenvalue weighted by Gasteiger charge is -2.38. The van der Waals surface area contributed by atoms with E-state index >= 15 is 0 Å². The molecule has 40 heavy (non-hydrogen) atoms. The minimum Gasteiger partial charge on any atom is -0.463 e. The lowest BCUT2D eigenvalue weighted by Crippen LogP contribution is -2.47. The first-order valence-corrected chi connectivity index (χ1v) is 13.9. The van der Waals surface area contributed by atoms with Gasteiger partial charge in [-0.05, 0) is 37.1 Å². The molecule has 0 N–H and O–H groups in total. The van der Waals surface area contributed by atoms with Gasteiger partial charge in [-0.2, -0.15) is 13.2 Å². The van der Waals surface area contributed by atoms with E-state index < -0.39 is 23.8 Å². The Hall–Kier alpha value is -3.57. The molecular weight excluding hydrogens is 541 g/mol. The highest BCUT2D eigenvalue weighted by Gasteiger charge is 2.43. The van der Waals surface area contributed by atoms with Crippen molar-refractivity contribution >= 4 is 34.5 Å². The number of carbonyl (C=O) groups excluding carboxylic acids is 2. The number of carbonyl (C=O) groups is 2. The van der Waals surface area contributed by atoms with Crippen LogP contribution in [0.1, 0.15) is 36.1 Å². The first-order valence-electron chi connectivity index (χ1n) is 13.0. The van der Waals surface area contributed by atoms with Crippen LogP contribution in [0.2, 0.25) is 0 Å². The molecule has 0 aromatic heterocycles. The number of fused-ring (bicyclic) bond motifs is 1. The number of amides is 1. The molecule has 7 nitrogen and oxygen atoms in total. The summed E-state index contributed by atoms with van der Waals surface area (Å²) in [4.78, 5) is 37.4. The van der Waals surface area contributed by atoms with E-state index in [0.717, 1.165) is 25.2 Å². The van der Waals surface area contributed by atoms with Crippen LogP contribution >= 0.6 is 11.8 Å². The molecule has 0 radical (unpaired) electrons. The van der Waals surface area contributed by atoms with Crippen LogP contribution in [0.4, 0.5) is 13.2 Å². The number of hydrogen-bond donors (Lipinski definition) is 0. The van der Waals surface area contributed by atoms with Crippen molar-refractivity contribution in [2.24, 2.45) is 4.99 Å². The standard InChI is InChI=1S/C29H29F3N4O3S/c1-3-39-27(38)24-25(19-7-5-4-6-8-19)33-28-36(26(24)20-9-11-21(12-10-20)29(30,31)32)22(18-40-28)17-23(37)35-15-13-34(2)14-16-35/h4-12,18,26H,3,13-17H2,1-2H3. The molecule has 3 aliphatic rings. The van der Waals surface area contributed by atoms with Crippen LogP contribution in [0.15, 0.2) is 76.3 Å². The molecule has 1 atom stereocenters. The molecule has 0 aliphatic carbocycles. The van der Waals surface area contributed by atoms with Crippen LogP contribution in [0.25, 0.3) is 5.70 Å². The molecular formula is C29H29F3N4O3S. The lowest BCUT2D eigenvalue weighted by atomic mass is 9.91. The maximum Gasteiger partial charge on any atom is 0.416 e. The van der Waals surface area contributed by atoms with Gasteiger partial charge in [-0.25, -0.2) is 9.79 Å². The third kappa shape index (κ3) is 5.66. The van der Waals surface area contributed by atoms with Crippen molar-refractivity contribution in [3.63, 3.8) is 0 Å². The highest BCUT2D eigenvalue weighted by molar-refractivity contribution is 8.16. The fourth-order valence-electron chi connectivity index (χ4n) is 4.98. The molecule has 3 heterocycles. The number of nitrogens with zero attached hydrogens (tertiary/aromatic N) is 4. The van der Waals surface area contributed by atoms with Crippen molar-refractivity contribution in [3.05, 3.63) is 88.0 Å². The molecule has 11 heteroatoms. The van der Waals surface area contributed by atoms with Crippen LogP contribution < -0.4 is 0 Å². The summed E-state index contributed by atoms with van der Waals surface area (Å²) in [5.74, 6) is -0.668. The van der Waals surface area contributed by atoms with Crippen molar-refractivity contribution in [2.45, 2.75) is 25.6 Å². The van der Waals surface area contributed by atoms with Gasteiger partial charge in [0.15, 0.2) is 5.17 Å². The third-order valence-corrected chi connectivity index (χ3v) is 7.98. The second kappa shape index (κ2) is 11.5. The summed E-state index contributed by atoms with van der Waals surface area (Å²) in [7, 11) is 2.01. The number of amidine groups is 1. The number of benzene rings is 2. The molecule has 1 saturated heterocycles. The SMILES string of the molecule is CCOC(=O)C1=C(c2ccccc2)N=C2SC=C(CC(=O)N3CCN(C)CC3)N2C1c1ccc(C(F)(F)F)cc1. The van der Waals surface area contributed by atoms with E-state index in [2.05, 4.69) is 4.90 Å². The maximum absolute atomic E-state index is 13.5. The predicted octanol–water partition coefficient (Wildman–Crippen LogP) is 5.14. The van der Waals surface area contributed by atoms with E-state index in [-0.39, 0.29) is 24.5 Å². The number of hydrogen-bond acceptors (Lipinski definition) is 7. The average molecular weight is 571 g/mol. The fraction of sp³-hybridized carbons (Fsp3) is 0.345. The first-order chi connectivity index (χ1) is 19.2. The van der Waals surface area contributed by atoms with Gasteiger partial charge < -0.3 is 19.4 Å². The van der Waals surface area contributed by atoms with E-state index in [9.17, 15) is 22.8 Å². The molecule has 1 fully saturated rings. The van der Waals surface area contributed by atoms with E-state index in [4.69, 9.17) is 9.73 Å². The molecule has 0 saturated carbocycles. The first kappa shape index (κ1) is 28.0. The molecule has 0 spiro atoms. The van der Waals surface area contributed by atoms with Gasteiger partial charge in [-0.15, -0.1) is 0 Å². The van der Waals surface area contributed by atoms with Gasteiger partial charge in [0, 0.05) is 37.4 Å². The Morgan fingerprint density at radius 3 is 2.33 bits per heavy atom. The van der Waals surface area contributed by atoms with Crippen LogP contribution in [-0.2, 0) is 20.5 Å². The van der Waals surface area contributed by atoms with Crippen molar-refractivity contribution < 1.29 is 27.5 Å². The number of likely N-dealkylation sites (N-methyl/N-ethyl adjacent to an activating group) is 1. The number of aliphatic imine (C=N–C) groups is 1. The zero-order valence-electron chi connectivity index (χ0n) is 22.1. The largest absolute Gasteiger partial charge is 0.463 e. The fourth-order valence-corrected chi connectivity index (χ4v) is 5.90. The second-order valence-electron chi connectivity index (χ2n) is 9.72. The van der Waals surface area contributed by atoms with Gasteiger partial charge in [-0.3, -0.25) is 4.79 Å². The highest BCUT2D eigenvalue weighted by Crippen LogP contribution is 2.47. The number of esters is 1. The van der Waals surface area contributed by atoms with Crippen LogP contribution in [0.5, 0.6) is 0 Å². The number of rotatable bonds is 6. The summed E-state index contributed by atoms with van der Waals surface area (Å²) in [6.07, 6.45) is -4.43. The van der Waals surface area contributed by atoms with Crippen molar-refractivity contribution in [1.82, 2.24) is 14.7 Å². The van der Waals surface area contributed by atoms with Gasteiger partial charge in [0.25, 0.3) is 0 Å². The van der Waals surface area contributed by atoms with Gasteiger partial charge in [0.05, 0.1) is 35.9 Å². The average Bonchev–Trinajstić information content (AvgIpc) is 3.34. The lowest BCUT2D eigenvalue weighted by molar-refractivity contribution is -0.139. The Kier molecular flexibility index (Phi) is 8.04. The molecule has 3 aliphatic heterocycles. The molecule has 1 amide bonds. The van der Waals surface area contributed by atoms with Gasteiger partial charge in [0.2, 0.25) is 5.91 Å². The summed E-state index contributed by atoms with van der Waals surface area (Å²) < 4.78 is 45.7. The summed E-state index contributed by atoms with van der Waals surface area (Å²) in [6, 6.07) is 13.1. The number of piperazine rings is 1. The van der Waals surface area contributed by atoms with Crippen molar-refractivity contribution in [2.75, 3.05) is 39.8 Å². The van der Waals surface area contributed by atoms with E-state index in [0.29, 0.717) is 40.8 Å². The smallest absolute Gasteiger partial charge is 0.416 e. The zero-order valence-corrected chi connectivity index (χ0v) is 23.0. The summed E-state index contributed by atoms with van der Waals surface area (Å²) in [6.45, 7) is 4.59. The van der Waals surface area contributed by atoms with Crippen LogP contribution in [0.3, 0.4) is 0 Å². The number of halogens is 3. The minimum atomic E-state index is -4.50. The number of thioether (sulfide) groups is 1. The molecule has 0 bridgehead atoms. The molecule has 1 unspecified atom stereocenters. The molecule has 5 rings (SSSR count). The molecule has 210 valence electrons. The van der Waals surface area contributed by atoms with Gasteiger partial charge >= 0.3 is 12.1 Å². The zero-order chi connectivity index (χ0) is 28.4. The highest BCUT2D eigenvalue weighted by atomic mass is 32.2. The molecule has 2 aromatic rings. The normalized spacial score (nSPS) is 19.8. The maximum atomic E-state index is 13.5. The quantitative estimate of drug-likeness (QED) is 0.448. The Labute approximate surface area is 235 Å². The van der Waals surface area contributed by atoms with E-state index in [1.165, 1.54) is 23.9 Å². The Morgan fingerprint density at radius 2 is 1.70 bits per heavy atom. The monoisotopic (exact) mass is 570 g/mol. The van der Waals surface area contributed by atoms with Crippen molar-refractivity contribution in [1.29, 1.82) is 0 Å².